The van der Waals surface area contributed by atoms with E-state index in [0.29, 0.717) is 6.04 Å². The second kappa shape index (κ2) is 5.69. The monoisotopic (exact) mass is 304 g/mol. The van der Waals surface area contributed by atoms with Gasteiger partial charge in [-0.25, -0.2) is 0 Å². The van der Waals surface area contributed by atoms with Gasteiger partial charge in [-0.15, -0.1) is 0 Å². The van der Waals surface area contributed by atoms with Crippen molar-refractivity contribution in [3.63, 3.8) is 0 Å². The molecule has 0 radical (unpaired) electrons. The van der Waals surface area contributed by atoms with Gasteiger partial charge in [-0.1, -0.05) is 0 Å². The standard InChI is InChI=1S/C17H28N4O/c1-13(2)21-14(8-10-18-21)16(22)20-12-6-9-17(3)15(20)7-5-11-19(17)4/h8,10,13,15H,5-7,9,11-12H2,1-4H3/t15-,17-/m0/s1. The number of piperidine rings is 2. The maximum atomic E-state index is 13.1. The number of rotatable bonds is 2. The lowest BCUT2D eigenvalue weighted by Gasteiger charge is -2.55. The predicted octanol–water partition coefficient (Wildman–Crippen LogP) is 2.55. The van der Waals surface area contributed by atoms with E-state index in [1.165, 1.54) is 12.8 Å². The number of hydrogen-bond donors (Lipinski definition) is 0. The molecule has 2 saturated heterocycles. The summed E-state index contributed by atoms with van der Waals surface area (Å²) in [6.45, 7) is 8.47. The van der Waals surface area contributed by atoms with Gasteiger partial charge in [-0.05, 0) is 66.1 Å². The molecule has 0 saturated carbocycles. The smallest absolute Gasteiger partial charge is 0.272 e. The summed E-state index contributed by atoms with van der Waals surface area (Å²) < 4.78 is 1.85. The van der Waals surface area contributed by atoms with Gasteiger partial charge in [0.2, 0.25) is 0 Å². The molecule has 2 atom stereocenters. The highest BCUT2D eigenvalue weighted by Gasteiger charge is 2.47. The van der Waals surface area contributed by atoms with E-state index in [4.69, 9.17) is 0 Å². The van der Waals surface area contributed by atoms with Crippen LogP contribution in [0.1, 0.15) is 63.0 Å². The van der Waals surface area contributed by atoms with Crippen LogP contribution < -0.4 is 0 Å². The lowest BCUT2D eigenvalue weighted by atomic mass is 9.76. The lowest BCUT2D eigenvalue weighted by Crippen LogP contribution is -2.66. The van der Waals surface area contributed by atoms with Crippen molar-refractivity contribution >= 4 is 5.91 Å². The average Bonchev–Trinajstić information content (AvgIpc) is 2.97. The number of hydrogen-bond acceptors (Lipinski definition) is 3. The van der Waals surface area contributed by atoms with Gasteiger partial charge in [-0.3, -0.25) is 14.4 Å². The maximum absolute atomic E-state index is 13.1. The van der Waals surface area contributed by atoms with E-state index < -0.39 is 0 Å². The summed E-state index contributed by atoms with van der Waals surface area (Å²) in [5.41, 5.74) is 0.849. The van der Waals surface area contributed by atoms with Crippen molar-refractivity contribution in [3.8, 4) is 0 Å². The minimum Gasteiger partial charge on any atom is -0.332 e. The molecule has 2 aliphatic rings. The number of carbonyl (C=O) groups is 1. The van der Waals surface area contributed by atoms with E-state index in [0.717, 1.165) is 31.6 Å². The largest absolute Gasteiger partial charge is 0.332 e. The van der Waals surface area contributed by atoms with Gasteiger partial charge in [0, 0.05) is 24.3 Å². The summed E-state index contributed by atoms with van der Waals surface area (Å²) in [6, 6.07) is 2.39. The topological polar surface area (TPSA) is 41.4 Å². The van der Waals surface area contributed by atoms with Crippen molar-refractivity contribution < 1.29 is 4.79 Å². The zero-order valence-electron chi connectivity index (χ0n) is 14.2. The molecule has 5 nitrogen and oxygen atoms in total. The first-order valence-corrected chi connectivity index (χ1v) is 8.51. The lowest BCUT2D eigenvalue weighted by molar-refractivity contribution is -0.0352. The van der Waals surface area contributed by atoms with Crippen LogP contribution in [0.4, 0.5) is 0 Å². The number of fused-ring (bicyclic) bond motifs is 1. The van der Waals surface area contributed by atoms with Crippen molar-refractivity contribution in [1.82, 2.24) is 19.6 Å². The molecule has 2 fully saturated rings. The molecule has 22 heavy (non-hydrogen) atoms. The third-order valence-corrected chi connectivity index (χ3v) is 5.66. The molecule has 3 rings (SSSR count). The van der Waals surface area contributed by atoms with Crippen molar-refractivity contribution in [1.29, 1.82) is 0 Å². The first-order valence-electron chi connectivity index (χ1n) is 8.51. The Balaban J connectivity index is 1.90. The first kappa shape index (κ1) is 15.5. The summed E-state index contributed by atoms with van der Waals surface area (Å²) >= 11 is 0. The predicted molar refractivity (Wildman–Crippen MR) is 86.9 cm³/mol. The Morgan fingerprint density at radius 2 is 2.14 bits per heavy atom. The van der Waals surface area contributed by atoms with Crippen LogP contribution in [0.15, 0.2) is 12.3 Å². The maximum Gasteiger partial charge on any atom is 0.272 e. The van der Waals surface area contributed by atoms with Gasteiger partial charge in [0.15, 0.2) is 0 Å². The Labute approximate surface area is 133 Å². The SMILES string of the molecule is CC(C)n1nccc1C(=O)N1CCC[C@@]2(C)[C@@H]1CCCN2C. The molecule has 5 heteroatoms. The normalized spacial score (nSPS) is 29.7. The molecular formula is C17H28N4O. The van der Waals surface area contributed by atoms with Gasteiger partial charge >= 0.3 is 0 Å². The molecule has 1 amide bonds. The van der Waals surface area contributed by atoms with Crippen LogP contribution in [0, 0.1) is 0 Å². The Morgan fingerprint density at radius 1 is 1.36 bits per heavy atom. The number of likely N-dealkylation sites (tertiary alicyclic amines) is 2. The van der Waals surface area contributed by atoms with E-state index in [1.54, 1.807) is 6.20 Å². The molecule has 0 spiro atoms. The van der Waals surface area contributed by atoms with Crippen LogP contribution >= 0.6 is 0 Å². The van der Waals surface area contributed by atoms with Crippen molar-refractivity contribution in [3.05, 3.63) is 18.0 Å². The quantitative estimate of drug-likeness (QED) is 0.843. The van der Waals surface area contributed by atoms with Crippen molar-refractivity contribution in [2.75, 3.05) is 20.1 Å². The molecule has 0 bridgehead atoms. The van der Waals surface area contributed by atoms with Crippen LogP contribution in [0.5, 0.6) is 0 Å². The number of carbonyl (C=O) groups excluding carboxylic acids is 1. The van der Waals surface area contributed by atoms with Crippen molar-refractivity contribution in [2.45, 2.75) is 64.1 Å². The molecule has 0 unspecified atom stereocenters. The number of amides is 1. The fraction of sp³-hybridized carbons (Fsp3) is 0.765. The highest BCUT2D eigenvalue weighted by Crippen LogP contribution is 2.38. The highest BCUT2D eigenvalue weighted by atomic mass is 16.2. The Morgan fingerprint density at radius 3 is 2.86 bits per heavy atom. The van der Waals surface area contributed by atoms with Gasteiger partial charge in [0.05, 0.1) is 6.04 Å². The van der Waals surface area contributed by atoms with E-state index >= 15 is 0 Å². The molecule has 1 aromatic heterocycles. The fourth-order valence-corrected chi connectivity index (χ4v) is 4.24. The van der Waals surface area contributed by atoms with Crippen LogP contribution in [0.25, 0.3) is 0 Å². The van der Waals surface area contributed by atoms with Gasteiger partial charge in [-0.2, -0.15) is 5.10 Å². The average molecular weight is 304 g/mol. The zero-order chi connectivity index (χ0) is 15.9. The highest BCUT2D eigenvalue weighted by molar-refractivity contribution is 5.93. The third-order valence-electron chi connectivity index (χ3n) is 5.66. The molecule has 2 aliphatic heterocycles. The molecule has 122 valence electrons. The Hall–Kier alpha value is -1.36. The van der Waals surface area contributed by atoms with E-state index in [-0.39, 0.29) is 17.5 Å². The minimum absolute atomic E-state index is 0.120. The summed E-state index contributed by atoms with van der Waals surface area (Å²) in [7, 11) is 2.21. The van der Waals surface area contributed by atoms with E-state index in [9.17, 15) is 4.79 Å². The summed E-state index contributed by atoms with van der Waals surface area (Å²) in [6.07, 6.45) is 6.29. The van der Waals surface area contributed by atoms with Crippen LogP contribution in [-0.2, 0) is 0 Å². The number of aromatic nitrogens is 2. The van der Waals surface area contributed by atoms with Gasteiger partial charge in [0.25, 0.3) is 5.91 Å². The summed E-state index contributed by atoms with van der Waals surface area (Å²) in [5.74, 6) is 0.150. The minimum atomic E-state index is 0.120. The molecule has 0 N–H and O–H groups in total. The Kier molecular flexibility index (Phi) is 4.02. The van der Waals surface area contributed by atoms with Crippen LogP contribution in [-0.4, -0.2) is 57.2 Å². The fourth-order valence-electron chi connectivity index (χ4n) is 4.24. The molecular weight excluding hydrogens is 276 g/mol. The number of nitrogens with zero attached hydrogens (tertiary/aromatic N) is 4. The Bertz CT molecular complexity index is 553. The molecule has 3 heterocycles. The van der Waals surface area contributed by atoms with Gasteiger partial charge < -0.3 is 4.90 Å². The second-order valence-corrected chi connectivity index (χ2v) is 7.29. The van der Waals surface area contributed by atoms with E-state index in [1.807, 2.05) is 10.7 Å². The van der Waals surface area contributed by atoms with Crippen molar-refractivity contribution in [2.24, 2.45) is 0 Å². The van der Waals surface area contributed by atoms with Crippen LogP contribution in [0.2, 0.25) is 0 Å². The molecule has 1 aromatic rings. The van der Waals surface area contributed by atoms with Gasteiger partial charge in [0.1, 0.15) is 5.69 Å². The number of likely N-dealkylation sites (N-methyl/N-ethyl adjacent to an activating group) is 1. The summed E-state index contributed by atoms with van der Waals surface area (Å²) in [5, 5.41) is 4.33. The third kappa shape index (κ3) is 2.35. The first-order chi connectivity index (χ1) is 10.4. The zero-order valence-corrected chi connectivity index (χ0v) is 14.2. The molecule has 0 aliphatic carbocycles. The second-order valence-electron chi connectivity index (χ2n) is 7.29. The summed E-state index contributed by atoms with van der Waals surface area (Å²) in [4.78, 5) is 17.7. The van der Waals surface area contributed by atoms with Crippen LogP contribution in [0.3, 0.4) is 0 Å². The van der Waals surface area contributed by atoms with E-state index in [2.05, 4.69) is 42.7 Å². The molecule has 0 aromatic carbocycles.